The molecule has 3 aliphatic rings. The van der Waals surface area contributed by atoms with Gasteiger partial charge in [0.05, 0.1) is 13.4 Å². The van der Waals surface area contributed by atoms with Crippen LogP contribution in [-0.2, 0) is 30.8 Å². The summed E-state index contributed by atoms with van der Waals surface area (Å²) in [6.45, 7) is 4.36. The topological polar surface area (TPSA) is 176 Å². The van der Waals surface area contributed by atoms with Gasteiger partial charge in [-0.05, 0) is 44.0 Å². The van der Waals surface area contributed by atoms with Crippen LogP contribution in [0.4, 0.5) is 11.8 Å². The van der Waals surface area contributed by atoms with E-state index >= 15 is 0 Å². The summed E-state index contributed by atoms with van der Waals surface area (Å²) in [5, 5.41) is 19.0. The highest BCUT2D eigenvalue weighted by Crippen LogP contribution is 2.42. The Morgan fingerprint density at radius 3 is 2.58 bits per heavy atom. The molecule has 214 valence electrons. The number of carbonyl (C=O) groups is 2. The van der Waals surface area contributed by atoms with Crippen molar-refractivity contribution in [1.29, 1.82) is 0 Å². The van der Waals surface area contributed by atoms with Gasteiger partial charge in [-0.25, -0.2) is 4.98 Å². The molecule has 0 aromatic carbocycles. The van der Waals surface area contributed by atoms with Gasteiger partial charge in [-0.3, -0.25) is 14.2 Å². The zero-order valence-electron chi connectivity index (χ0n) is 22.3. The molecule has 16 nitrogen and oxygen atoms in total. The van der Waals surface area contributed by atoms with Crippen LogP contribution in [0.1, 0.15) is 56.7 Å². The molecule has 0 radical (unpaired) electrons. The van der Waals surface area contributed by atoms with Crippen LogP contribution < -0.4 is 10.6 Å². The first kappa shape index (κ1) is 26.3. The Labute approximate surface area is 229 Å². The van der Waals surface area contributed by atoms with Crippen molar-refractivity contribution in [2.75, 3.05) is 36.8 Å². The fraction of sp³-hybridized carbons (Fsp3) is 0.667. The lowest BCUT2D eigenvalue weighted by Gasteiger charge is -2.21. The van der Waals surface area contributed by atoms with Gasteiger partial charge in [-0.15, -0.1) is 10.2 Å². The summed E-state index contributed by atoms with van der Waals surface area (Å²) in [5.41, 5.74) is 1.03. The van der Waals surface area contributed by atoms with Crippen LogP contribution in [0.25, 0.3) is 11.2 Å². The van der Waals surface area contributed by atoms with Gasteiger partial charge in [0.25, 0.3) is 12.9 Å². The van der Waals surface area contributed by atoms with E-state index in [1.54, 1.807) is 17.9 Å². The molecule has 1 saturated carbocycles. The van der Waals surface area contributed by atoms with Crippen molar-refractivity contribution in [2.24, 2.45) is 7.05 Å². The largest absolute Gasteiger partial charge is 0.457 e. The van der Waals surface area contributed by atoms with Crippen LogP contribution in [0, 0.1) is 0 Å². The van der Waals surface area contributed by atoms with Gasteiger partial charge in [0, 0.05) is 19.1 Å². The number of hydrogen-bond donors (Lipinski definition) is 2. The number of aryl methyl sites for hydroxylation is 1. The first-order valence-electron chi connectivity index (χ1n) is 13.7. The number of likely N-dealkylation sites (tertiary alicyclic amines) is 1. The average Bonchev–Trinajstić information content (AvgIpc) is 3.77. The number of ether oxygens (including phenoxy) is 3. The van der Waals surface area contributed by atoms with Gasteiger partial charge < -0.3 is 29.7 Å². The Balaban J connectivity index is 1.35. The molecule has 16 heteroatoms. The van der Waals surface area contributed by atoms with E-state index in [1.165, 1.54) is 17.6 Å². The highest BCUT2D eigenvalue weighted by molar-refractivity contribution is 5.84. The summed E-state index contributed by atoms with van der Waals surface area (Å²) >= 11 is 0. The van der Waals surface area contributed by atoms with Crippen LogP contribution in [0.15, 0.2) is 6.33 Å². The van der Waals surface area contributed by atoms with Crippen LogP contribution >= 0.6 is 0 Å². The summed E-state index contributed by atoms with van der Waals surface area (Å²) < 4.78 is 18.7. The fourth-order valence-corrected chi connectivity index (χ4v) is 5.78. The second-order valence-corrected chi connectivity index (χ2v) is 10.3. The van der Waals surface area contributed by atoms with E-state index in [1.807, 2.05) is 0 Å². The highest BCUT2D eigenvalue weighted by atomic mass is 16.6. The summed E-state index contributed by atoms with van der Waals surface area (Å²) in [4.78, 5) is 40.8. The molecule has 5 heterocycles. The predicted octanol–water partition coefficient (Wildman–Crippen LogP) is 0.565. The van der Waals surface area contributed by atoms with Gasteiger partial charge in [0.15, 0.2) is 41.5 Å². The maximum Gasteiger partial charge on any atom is 0.293 e. The molecule has 3 aromatic heterocycles. The number of imidazole rings is 1. The first-order valence-corrected chi connectivity index (χ1v) is 13.7. The number of rotatable bonds is 12. The Morgan fingerprint density at radius 2 is 1.85 bits per heavy atom. The molecule has 1 aliphatic carbocycles. The molecule has 0 spiro atoms. The number of tetrazole rings is 1. The molecule has 3 aromatic rings. The molecule has 0 unspecified atom stereocenters. The van der Waals surface area contributed by atoms with Crippen molar-refractivity contribution in [1.82, 2.24) is 44.6 Å². The Hall–Kier alpha value is -3.92. The maximum atomic E-state index is 11.5. The second kappa shape index (κ2) is 11.7. The van der Waals surface area contributed by atoms with E-state index in [4.69, 9.17) is 24.2 Å². The third-order valence-electron chi connectivity index (χ3n) is 7.69. The predicted molar refractivity (Wildman–Crippen MR) is 139 cm³/mol. The monoisotopic (exact) mass is 555 g/mol. The summed E-state index contributed by atoms with van der Waals surface area (Å²) in [5.74, 6) is 1.26. The third kappa shape index (κ3) is 5.28. The third-order valence-corrected chi connectivity index (χ3v) is 7.69. The molecule has 2 N–H and O–H groups in total. The smallest absolute Gasteiger partial charge is 0.293 e. The van der Waals surface area contributed by atoms with E-state index in [2.05, 4.69) is 35.9 Å². The van der Waals surface area contributed by atoms with E-state index in [0.29, 0.717) is 42.0 Å². The number of carbonyl (C=O) groups excluding carboxylic acids is 2. The zero-order chi connectivity index (χ0) is 27.5. The summed E-state index contributed by atoms with van der Waals surface area (Å²) in [7, 11) is 1.61. The Morgan fingerprint density at radius 1 is 1.07 bits per heavy atom. The average molecular weight is 556 g/mol. The van der Waals surface area contributed by atoms with Crippen molar-refractivity contribution in [3.05, 3.63) is 12.2 Å². The number of aromatic nitrogens is 8. The minimum absolute atomic E-state index is 0.184. The standard InChI is InChI=1S/C24H33N11O5/c1-33-31-21(30-32-33)18-17(38-13-36)19(39-14-37)23(40-18)35-12-26-16-20(27-15-6-2-3-7-15)28-24(29-22(16)35)25-8-11-34-9-4-5-10-34/h12-15,17-19,23H,2-11H2,1H3,(H2,25,27,28,29)/t17-,18-,19+,23+/m0/s1. The highest BCUT2D eigenvalue weighted by Gasteiger charge is 2.52. The number of nitrogens with one attached hydrogen (secondary N) is 2. The van der Waals surface area contributed by atoms with Crippen molar-refractivity contribution in [3.63, 3.8) is 0 Å². The van der Waals surface area contributed by atoms with Crippen LogP contribution in [0.5, 0.6) is 0 Å². The number of nitrogens with zero attached hydrogens (tertiary/aromatic N) is 9. The van der Waals surface area contributed by atoms with Crippen molar-refractivity contribution in [3.8, 4) is 0 Å². The molecule has 40 heavy (non-hydrogen) atoms. The van der Waals surface area contributed by atoms with Crippen molar-refractivity contribution < 1.29 is 23.8 Å². The summed E-state index contributed by atoms with van der Waals surface area (Å²) in [6, 6.07) is 0.298. The molecule has 4 atom stereocenters. The zero-order valence-corrected chi connectivity index (χ0v) is 22.3. The Kier molecular flexibility index (Phi) is 7.68. The molecule has 3 fully saturated rings. The minimum Gasteiger partial charge on any atom is -0.457 e. The molecular formula is C24H33N11O5. The number of anilines is 2. The molecule has 0 bridgehead atoms. The quantitative estimate of drug-likeness (QED) is 0.296. The number of fused-ring (bicyclic) bond motifs is 1. The van der Waals surface area contributed by atoms with Gasteiger partial charge in [0.1, 0.15) is 0 Å². The number of hydrogen-bond acceptors (Lipinski definition) is 14. The van der Waals surface area contributed by atoms with Crippen molar-refractivity contribution in [2.45, 2.75) is 69.1 Å². The van der Waals surface area contributed by atoms with Gasteiger partial charge in [-0.2, -0.15) is 14.8 Å². The van der Waals surface area contributed by atoms with E-state index in [9.17, 15) is 9.59 Å². The molecule has 0 amide bonds. The van der Waals surface area contributed by atoms with Crippen LogP contribution in [0.3, 0.4) is 0 Å². The SMILES string of the molecule is Cn1nnc([C@H]2O[C@@H](n3cnc4c(NC5CCCC5)nc(NCCN5CCCC5)nc43)[C@H](OC=O)[C@H]2OC=O)n1. The molecule has 2 aliphatic heterocycles. The summed E-state index contributed by atoms with van der Waals surface area (Å²) in [6.07, 6.45) is 4.52. The normalized spacial score (nSPS) is 25.4. The lowest BCUT2D eigenvalue weighted by Crippen LogP contribution is -2.34. The van der Waals surface area contributed by atoms with Crippen molar-refractivity contribution >= 4 is 35.9 Å². The van der Waals surface area contributed by atoms with E-state index in [-0.39, 0.29) is 12.3 Å². The lowest BCUT2D eigenvalue weighted by atomic mass is 10.1. The molecule has 2 saturated heterocycles. The van der Waals surface area contributed by atoms with Gasteiger partial charge in [-0.1, -0.05) is 12.8 Å². The molecule has 6 rings (SSSR count). The van der Waals surface area contributed by atoms with Crippen LogP contribution in [-0.4, -0.2) is 102 Å². The van der Waals surface area contributed by atoms with Gasteiger partial charge >= 0.3 is 0 Å². The van der Waals surface area contributed by atoms with Gasteiger partial charge in [0.2, 0.25) is 11.8 Å². The maximum absolute atomic E-state index is 11.5. The lowest BCUT2D eigenvalue weighted by molar-refractivity contribution is -0.151. The minimum atomic E-state index is -1.03. The fourth-order valence-electron chi connectivity index (χ4n) is 5.78. The Bertz CT molecular complexity index is 1320. The second-order valence-electron chi connectivity index (χ2n) is 10.3. The van der Waals surface area contributed by atoms with E-state index < -0.39 is 24.5 Å². The van der Waals surface area contributed by atoms with E-state index in [0.717, 1.165) is 45.3 Å². The first-order chi connectivity index (χ1) is 19.6. The van der Waals surface area contributed by atoms with Crippen LogP contribution in [0.2, 0.25) is 0 Å². The molecular weight excluding hydrogens is 522 g/mol.